The maximum atomic E-state index is 10.6. The van der Waals surface area contributed by atoms with Crippen LogP contribution in [0.4, 0.5) is 5.69 Å². The summed E-state index contributed by atoms with van der Waals surface area (Å²) in [5.41, 5.74) is 1.87. The van der Waals surface area contributed by atoms with Crippen molar-refractivity contribution in [3.63, 3.8) is 0 Å². The van der Waals surface area contributed by atoms with Gasteiger partial charge in [-0.05, 0) is 30.7 Å². The Hall–Kier alpha value is -1.55. The highest BCUT2D eigenvalue weighted by Crippen LogP contribution is 2.26. The molecule has 0 saturated carbocycles. The Morgan fingerprint density at radius 2 is 2.28 bits per heavy atom. The second-order valence-electron chi connectivity index (χ2n) is 3.70. The van der Waals surface area contributed by atoms with Crippen molar-refractivity contribution in [3.05, 3.63) is 47.0 Å². The first-order chi connectivity index (χ1) is 8.58. The number of carbonyl (C=O) groups is 1. The van der Waals surface area contributed by atoms with Crippen LogP contribution in [0, 0.1) is 0 Å². The maximum Gasteiger partial charge on any atom is 0.328 e. The zero-order valence-electron chi connectivity index (χ0n) is 10.3. The SMILES string of the molecule is C=CCN(CC)c1cc(Br)ccc1/C=C/C(=O)O. The van der Waals surface area contributed by atoms with E-state index in [9.17, 15) is 4.79 Å². The van der Waals surface area contributed by atoms with E-state index in [0.29, 0.717) is 0 Å². The number of anilines is 1. The lowest BCUT2D eigenvalue weighted by Crippen LogP contribution is -2.23. The number of hydrogen-bond acceptors (Lipinski definition) is 2. The van der Waals surface area contributed by atoms with E-state index in [1.807, 2.05) is 24.3 Å². The van der Waals surface area contributed by atoms with Crippen molar-refractivity contribution in [2.24, 2.45) is 0 Å². The molecular weight excluding hydrogens is 294 g/mol. The summed E-state index contributed by atoms with van der Waals surface area (Å²) in [7, 11) is 0. The van der Waals surface area contributed by atoms with Crippen LogP contribution in [0.15, 0.2) is 41.4 Å². The third-order valence-electron chi connectivity index (χ3n) is 2.47. The lowest BCUT2D eigenvalue weighted by atomic mass is 10.1. The minimum atomic E-state index is -0.948. The van der Waals surface area contributed by atoms with Gasteiger partial charge in [0.05, 0.1) is 0 Å². The molecule has 0 spiro atoms. The smallest absolute Gasteiger partial charge is 0.328 e. The molecule has 0 aliphatic rings. The average molecular weight is 310 g/mol. The van der Waals surface area contributed by atoms with Gasteiger partial charge in [0.2, 0.25) is 0 Å². The molecule has 0 saturated heterocycles. The third kappa shape index (κ3) is 4.04. The minimum Gasteiger partial charge on any atom is -0.478 e. The summed E-state index contributed by atoms with van der Waals surface area (Å²) in [5, 5.41) is 8.69. The molecule has 0 amide bonds. The Balaban J connectivity index is 3.17. The third-order valence-corrected chi connectivity index (χ3v) is 2.96. The van der Waals surface area contributed by atoms with Crippen molar-refractivity contribution in [2.45, 2.75) is 6.92 Å². The van der Waals surface area contributed by atoms with Crippen LogP contribution in [-0.4, -0.2) is 24.2 Å². The number of nitrogens with zero attached hydrogens (tertiary/aromatic N) is 1. The van der Waals surface area contributed by atoms with Crippen molar-refractivity contribution in [2.75, 3.05) is 18.0 Å². The molecule has 1 aromatic rings. The van der Waals surface area contributed by atoms with Gasteiger partial charge in [0.15, 0.2) is 0 Å². The van der Waals surface area contributed by atoms with Crippen molar-refractivity contribution >= 4 is 33.7 Å². The van der Waals surface area contributed by atoms with Crippen LogP contribution in [0.5, 0.6) is 0 Å². The normalized spacial score (nSPS) is 10.6. The first-order valence-electron chi connectivity index (χ1n) is 5.65. The van der Waals surface area contributed by atoms with E-state index in [4.69, 9.17) is 5.11 Å². The number of hydrogen-bond donors (Lipinski definition) is 1. The van der Waals surface area contributed by atoms with E-state index in [0.717, 1.165) is 34.9 Å². The van der Waals surface area contributed by atoms with Crippen molar-refractivity contribution in [3.8, 4) is 0 Å². The second kappa shape index (κ2) is 7.01. The second-order valence-corrected chi connectivity index (χ2v) is 4.62. The summed E-state index contributed by atoms with van der Waals surface area (Å²) in [6.45, 7) is 7.34. The molecule has 1 N–H and O–H groups in total. The molecule has 0 bridgehead atoms. The molecule has 96 valence electrons. The van der Waals surface area contributed by atoms with Gasteiger partial charge in [-0.25, -0.2) is 4.79 Å². The fourth-order valence-electron chi connectivity index (χ4n) is 1.65. The van der Waals surface area contributed by atoms with E-state index in [1.54, 1.807) is 6.08 Å². The maximum absolute atomic E-state index is 10.6. The van der Waals surface area contributed by atoms with Crippen LogP contribution < -0.4 is 4.90 Å². The number of aliphatic carboxylic acids is 1. The molecule has 0 radical (unpaired) electrons. The van der Waals surface area contributed by atoms with Gasteiger partial charge in [-0.15, -0.1) is 6.58 Å². The van der Waals surface area contributed by atoms with E-state index in [1.165, 1.54) is 0 Å². The minimum absolute atomic E-state index is 0.723. The Labute approximate surface area is 116 Å². The van der Waals surface area contributed by atoms with Crippen LogP contribution in [-0.2, 0) is 4.79 Å². The Morgan fingerprint density at radius 1 is 1.56 bits per heavy atom. The van der Waals surface area contributed by atoms with Crippen LogP contribution in [0.3, 0.4) is 0 Å². The van der Waals surface area contributed by atoms with Crippen LogP contribution >= 0.6 is 15.9 Å². The Bertz CT molecular complexity index is 469. The first kappa shape index (κ1) is 14.5. The van der Waals surface area contributed by atoms with E-state index >= 15 is 0 Å². The Kier molecular flexibility index (Phi) is 5.65. The summed E-state index contributed by atoms with van der Waals surface area (Å²) in [6.07, 6.45) is 4.58. The molecule has 3 nitrogen and oxygen atoms in total. The number of rotatable bonds is 6. The lowest BCUT2D eigenvalue weighted by molar-refractivity contribution is -0.131. The molecule has 4 heteroatoms. The van der Waals surface area contributed by atoms with Gasteiger partial charge in [0, 0.05) is 29.3 Å². The molecule has 0 atom stereocenters. The molecule has 0 heterocycles. The van der Waals surface area contributed by atoms with Gasteiger partial charge in [0.1, 0.15) is 0 Å². The summed E-state index contributed by atoms with van der Waals surface area (Å²) in [4.78, 5) is 12.7. The lowest BCUT2D eigenvalue weighted by Gasteiger charge is -2.23. The number of carboxylic acids is 1. The molecule has 0 aliphatic carbocycles. The summed E-state index contributed by atoms with van der Waals surface area (Å²) >= 11 is 3.43. The molecule has 0 fully saturated rings. The Morgan fingerprint density at radius 3 is 2.83 bits per heavy atom. The molecule has 18 heavy (non-hydrogen) atoms. The predicted octanol–water partition coefficient (Wildman–Crippen LogP) is 3.56. The van der Waals surface area contributed by atoms with E-state index < -0.39 is 5.97 Å². The van der Waals surface area contributed by atoms with Gasteiger partial charge in [-0.1, -0.05) is 28.1 Å². The van der Waals surface area contributed by atoms with Crippen molar-refractivity contribution in [1.29, 1.82) is 0 Å². The van der Waals surface area contributed by atoms with Crippen molar-refractivity contribution < 1.29 is 9.90 Å². The fraction of sp³-hybridized carbons (Fsp3) is 0.214. The highest BCUT2D eigenvalue weighted by molar-refractivity contribution is 9.10. The van der Waals surface area contributed by atoms with Crippen LogP contribution in [0.25, 0.3) is 6.08 Å². The van der Waals surface area contributed by atoms with Crippen LogP contribution in [0.2, 0.25) is 0 Å². The molecule has 0 aliphatic heterocycles. The average Bonchev–Trinajstić information content (AvgIpc) is 2.34. The first-order valence-corrected chi connectivity index (χ1v) is 6.44. The van der Waals surface area contributed by atoms with Gasteiger partial charge in [-0.2, -0.15) is 0 Å². The number of carboxylic acid groups (broad SMARTS) is 1. The monoisotopic (exact) mass is 309 g/mol. The quantitative estimate of drug-likeness (QED) is 0.645. The van der Waals surface area contributed by atoms with Gasteiger partial charge < -0.3 is 10.0 Å². The molecule has 1 rings (SSSR count). The highest BCUT2D eigenvalue weighted by atomic mass is 79.9. The molecular formula is C14H16BrNO2. The van der Waals surface area contributed by atoms with Gasteiger partial charge in [-0.3, -0.25) is 0 Å². The molecule has 0 unspecified atom stereocenters. The highest BCUT2D eigenvalue weighted by Gasteiger charge is 2.07. The number of likely N-dealkylation sites (N-methyl/N-ethyl adjacent to an activating group) is 1. The zero-order valence-corrected chi connectivity index (χ0v) is 11.9. The number of benzene rings is 1. The molecule has 1 aromatic carbocycles. The molecule has 0 aromatic heterocycles. The largest absolute Gasteiger partial charge is 0.478 e. The predicted molar refractivity (Wildman–Crippen MR) is 78.9 cm³/mol. The van der Waals surface area contributed by atoms with Crippen LogP contribution in [0.1, 0.15) is 12.5 Å². The van der Waals surface area contributed by atoms with E-state index in [-0.39, 0.29) is 0 Å². The van der Waals surface area contributed by atoms with Gasteiger partial charge in [0.25, 0.3) is 0 Å². The standard InChI is InChI=1S/C14H16BrNO2/c1-3-9-16(4-2)13-10-12(15)7-5-11(13)6-8-14(17)18/h3,5-8,10H,1,4,9H2,2H3,(H,17,18)/b8-6+. The van der Waals surface area contributed by atoms with Crippen molar-refractivity contribution in [1.82, 2.24) is 0 Å². The fourth-order valence-corrected chi connectivity index (χ4v) is 2.00. The summed E-state index contributed by atoms with van der Waals surface area (Å²) in [5.74, 6) is -0.948. The summed E-state index contributed by atoms with van der Waals surface area (Å²) < 4.78 is 0.965. The van der Waals surface area contributed by atoms with Gasteiger partial charge >= 0.3 is 5.97 Å². The topological polar surface area (TPSA) is 40.5 Å². The number of halogens is 1. The zero-order chi connectivity index (χ0) is 13.5. The summed E-state index contributed by atoms with van der Waals surface area (Å²) in [6, 6.07) is 5.77. The van der Waals surface area contributed by atoms with E-state index in [2.05, 4.69) is 34.3 Å².